The van der Waals surface area contributed by atoms with Crippen LogP contribution in [-0.4, -0.2) is 22.1 Å². The molecule has 1 atom stereocenters. The molecule has 1 aromatic heterocycles. The molecule has 10 heteroatoms. The SMILES string of the molecule is CCOC(=O)C1=C(C)N=c2s/c(=C/c3ccccc3I)c(=O)n2[C@@H]1c1ccc(C)c([N+](=O)[O-])c1. The van der Waals surface area contributed by atoms with Crippen LogP contribution in [0.4, 0.5) is 5.69 Å². The molecule has 0 radical (unpaired) electrons. The van der Waals surface area contributed by atoms with Gasteiger partial charge >= 0.3 is 5.97 Å². The second-order valence-electron chi connectivity index (χ2n) is 7.63. The number of nitro benzene ring substituents is 1. The number of aromatic nitrogens is 1. The molecule has 34 heavy (non-hydrogen) atoms. The standard InChI is InChI=1S/C24H20IN3O5S/c1-4-33-23(30)20-14(3)26-24-27(21(20)16-10-9-13(2)18(11-16)28(31)32)22(29)19(34-24)12-15-7-5-6-8-17(15)25/h5-12,21H,4H2,1-3H3/b19-12+/t21-/m1/s1. The van der Waals surface area contributed by atoms with E-state index < -0.39 is 16.9 Å². The van der Waals surface area contributed by atoms with E-state index in [1.807, 2.05) is 24.3 Å². The summed E-state index contributed by atoms with van der Waals surface area (Å²) < 4.78 is 8.13. The zero-order chi connectivity index (χ0) is 24.6. The summed E-state index contributed by atoms with van der Waals surface area (Å²) >= 11 is 3.42. The summed E-state index contributed by atoms with van der Waals surface area (Å²) in [5.41, 5.74) is 2.00. The third-order valence-corrected chi connectivity index (χ3v) is 7.42. The van der Waals surface area contributed by atoms with Gasteiger partial charge in [-0.2, -0.15) is 0 Å². The van der Waals surface area contributed by atoms with Gasteiger partial charge in [0.1, 0.15) is 0 Å². The van der Waals surface area contributed by atoms with Crippen molar-refractivity contribution in [3.05, 3.63) is 104 Å². The van der Waals surface area contributed by atoms with E-state index >= 15 is 0 Å². The first-order valence-corrected chi connectivity index (χ1v) is 12.3. The number of nitro groups is 1. The van der Waals surface area contributed by atoms with Gasteiger partial charge in [0, 0.05) is 15.2 Å². The zero-order valence-electron chi connectivity index (χ0n) is 18.6. The number of hydrogen-bond donors (Lipinski definition) is 0. The fourth-order valence-electron chi connectivity index (χ4n) is 3.83. The Labute approximate surface area is 212 Å². The second kappa shape index (κ2) is 9.63. The maximum atomic E-state index is 13.6. The smallest absolute Gasteiger partial charge is 0.338 e. The number of nitrogens with zero attached hydrogens (tertiary/aromatic N) is 3. The molecule has 174 valence electrons. The summed E-state index contributed by atoms with van der Waals surface area (Å²) in [5.74, 6) is -0.608. The Morgan fingerprint density at radius 2 is 2.03 bits per heavy atom. The van der Waals surface area contributed by atoms with Gasteiger partial charge in [-0.05, 0) is 66.6 Å². The number of allylic oxidation sites excluding steroid dienone is 1. The molecule has 3 aromatic rings. The summed E-state index contributed by atoms with van der Waals surface area (Å²) in [7, 11) is 0. The van der Waals surface area contributed by atoms with Gasteiger partial charge in [-0.1, -0.05) is 41.7 Å². The molecule has 0 spiro atoms. The molecule has 1 aliphatic rings. The minimum Gasteiger partial charge on any atom is -0.463 e. The van der Waals surface area contributed by atoms with Crippen molar-refractivity contribution in [3.8, 4) is 0 Å². The molecule has 0 saturated carbocycles. The highest BCUT2D eigenvalue weighted by atomic mass is 127. The molecular weight excluding hydrogens is 569 g/mol. The van der Waals surface area contributed by atoms with Gasteiger partial charge in [-0.3, -0.25) is 19.5 Å². The number of rotatable bonds is 5. The number of aryl methyl sites for hydroxylation is 1. The Balaban J connectivity index is 2.01. The number of benzene rings is 2. The molecule has 0 bridgehead atoms. The molecule has 0 fully saturated rings. The van der Waals surface area contributed by atoms with Crippen LogP contribution < -0.4 is 14.9 Å². The summed E-state index contributed by atoms with van der Waals surface area (Å²) in [6, 6.07) is 11.5. The van der Waals surface area contributed by atoms with Gasteiger partial charge in [-0.25, -0.2) is 9.79 Å². The molecular formula is C24H20IN3O5S. The van der Waals surface area contributed by atoms with E-state index in [9.17, 15) is 19.7 Å². The lowest BCUT2D eigenvalue weighted by Crippen LogP contribution is -2.40. The van der Waals surface area contributed by atoms with Gasteiger partial charge in [-0.15, -0.1) is 0 Å². The fourth-order valence-corrected chi connectivity index (χ4v) is 5.41. The summed E-state index contributed by atoms with van der Waals surface area (Å²) in [4.78, 5) is 42.6. The van der Waals surface area contributed by atoms with Gasteiger partial charge in [0.05, 0.1) is 33.4 Å². The first-order valence-electron chi connectivity index (χ1n) is 10.4. The molecule has 1 aliphatic heterocycles. The molecule has 2 heterocycles. The quantitative estimate of drug-likeness (QED) is 0.196. The first kappa shape index (κ1) is 24.0. The highest BCUT2D eigenvalue weighted by Crippen LogP contribution is 2.33. The van der Waals surface area contributed by atoms with Gasteiger partial charge in [0.2, 0.25) is 0 Å². The Kier molecular flexibility index (Phi) is 6.80. The molecule has 0 unspecified atom stereocenters. The number of carbonyl (C=O) groups is 1. The highest BCUT2D eigenvalue weighted by Gasteiger charge is 2.34. The van der Waals surface area contributed by atoms with E-state index in [2.05, 4.69) is 27.6 Å². The molecule has 2 aromatic carbocycles. The van der Waals surface area contributed by atoms with Crippen LogP contribution in [0.2, 0.25) is 0 Å². The maximum absolute atomic E-state index is 13.6. The monoisotopic (exact) mass is 589 g/mol. The number of ether oxygens (including phenoxy) is 1. The van der Waals surface area contributed by atoms with Crippen LogP contribution in [0.15, 0.2) is 63.5 Å². The number of fused-ring (bicyclic) bond motifs is 1. The number of carbonyl (C=O) groups excluding carboxylic acids is 1. The van der Waals surface area contributed by atoms with Crippen molar-refractivity contribution in [3.63, 3.8) is 0 Å². The summed E-state index contributed by atoms with van der Waals surface area (Å²) in [5, 5.41) is 11.6. The lowest BCUT2D eigenvalue weighted by molar-refractivity contribution is -0.385. The van der Waals surface area contributed by atoms with Crippen molar-refractivity contribution in [2.75, 3.05) is 6.61 Å². The third-order valence-electron chi connectivity index (χ3n) is 5.45. The zero-order valence-corrected chi connectivity index (χ0v) is 21.5. The average Bonchev–Trinajstić information content (AvgIpc) is 3.09. The van der Waals surface area contributed by atoms with Crippen molar-refractivity contribution in [1.29, 1.82) is 0 Å². The van der Waals surface area contributed by atoms with E-state index in [1.165, 1.54) is 22.0 Å². The van der Waals surface area contributed by atoms with Crippen LogP contribution in [-0.2, 0) is 9.53 Å². The van der Waals surface area contributed by atoms with Crippen molar-refractivity contribution in [1.82, 2.24) is 4.57 Å². The average molecular weight is 589 g/mol. The predicted octanol–water partition coefficient (Wildman–Crippen LogP) is 3.62. The van der Waals surface area contributed by atoms with E-state index in [0.717, 1.165) is 9.13 Å². The molecule has 8 nitrogen and oxygen atoms in total. The maximum Gasteiger partial charge on any atom is 0.338 e. The molecule has 0 N–H and O–H groups in total. The number of halogens is 1. The van der Waals surface area contributed by atoms with Crippen LogP contribution in [0.25, 0.3) is 6.08 Å². The van der Waals surface area contributed by atoms with Crippen LogP contribution in [0.1, 0.15) is 36.6 Å². The molecule has 4 rings (SSSR count). The first-order chi connectivity index (χ1) is 16.2. The number of hydrogen-bond acceptors (Lipinski definition) is 7. The Bertz CT molecular complexity index is 1540. The van der Waals surface area contributed by atoms with Gasteiger partial charge in [0.15, 0.2) is 4.80 Å². The third kappa shape index (κ3) is 4.34. The topological polar surface area (TPSA) is 104 Å². The van der Waals surface area contributed by atoms with E-state index in [1.54, 1.807) is 39.0 Å². The minimum absolute atomic E-state index is 0.0867. The molecule has 0 saturated heterocycles. The fraction of sp³-hybridized carbons (Fsp3) is 0.208. The molecule has 0 amide bonds. The van der Waals surface area contributed by atoms with E-state index in [0.29, 0.717) is 26.2 Å². The second-order valence-corrected chi connectivity index (χ2v) is 9.80. The summed E-state index contributed by atoms with van der Waals surface area (Å²) in [6.07, 6.45) is 1.80. The number of esters is 1. The lowest BCUT2D eigenvalue weighted by Gasteiger charge is -2.24. The van der Waals surface area contributed by atoms with Crippen LogP contribution in [0.3, 0.4) is 0 Å². The van der Waals surface area contributed by atoms with Gasteiger partial charge in [0.25, 0.3) is 11.2 Å². The largest absolute Gasteiger partial charge is 0.463 e. The Morgan fingerprint density at radius 3 is 2.71 bits per heavy atom. The Hall–Kier alpha value is -3.12. The predicted molar refractivity (Wildman–Crippen MR) is 137 cm³/mol. The van der Waals surface area contributed by atoms with Gasteiger partial charge < -0.3 is 4.74 Å². The lowest BCUT2D eigenvalue weighted by atomic mass is 9.94. The minimum atomic E-state index is -0.897. The Morgan fingerprint density at radius 1 is 1.29 bits per heavy atom. The molecule has 0 aliphatic carbocycles. The van der Waals surface area contributed by atoms with Crippen LogP contribution in [0.5, 0.6) is 0 Å². The number of thiazole rings is 1. The van der Waals surface area contributed by atoms with Crippen molar-refractivity contribution in [2.45, 2.75) is 26.8 Å². The van der Waals surface area contributed by atoms with Crippen molar-refractivity contribution >= 4 is 51.7 Å². The van der Waals surface area contributed by atoms with E-state index in [-0.39, 0.29) is 23.4 Å². The summed E-state index contributed by atoms with van der Waals surface area (Å²) in [6.45, 7) is 5.16. The van der Waals surface area contributed by atoms with Crippen LogP contribution in [0, 0.1) is 20.6 Å². The normalized spacial score (nSPS) is 15.6. The van der Waals surface area contributed by atoms with E-state index in [4.69, 9.17) is 4.74 Å². The van der Waals surface area contributed by atoms with Crippen molar-refractivity contribution in [2.24, 2.45) is 4.99 Å². The van der Waals surface area contributed by atoms with Crippen LogP contribution >= 0.6 is 33.9 Å². The van der Waals surface area contributed by atoms with Crippen molar-refractivity contribution < 1.29 is 14.5 Å². The highest BCUT2D eigenvalue weighted by molar-refractivity contribution is 14.1.